The molecule has 1 amide bonds. The zero-order chi connectivity index (χ0) is 17.7. The number of amides is 1. The van der Waals surface area contributed by atoms with Crippen LogP contribution in [0.1, 0.15) is 36.9 Å². The Kier molecular flexibility index (Phi) is 5.87. The lowest BCUT2D eigenvalue weighted by Crippen LogP contribution is -2.11. The van der Waals surface area contributed by atoms with Crippen LogP contribution in [0.15, 0.2) is 30.3 Å². The van der Waals surface area contributed by atoms with Crippen molar-refractivity contribution in [3.05, 3.63) is 47.4 Å². The summed E-state index contributed by atoms with van der Waals surface area (Å²) >= 11 is 0. The fraction of sp³-hybridized carbons (Fsp3) is 0.333. The fourth-order valence-corrected chi connectivity index (χ4v) is 2.57. The third kappa shape index (κ3) is 3.71. The van der Waals surface area contributed by atoms with Gasteiger partial charge in [-0.05, 0) is 30.3 Å². The summed E-state index contributed by atoms with van der Waals surface area (Å²) in [6.45, 7) is 5.40. The van der Waals surface area contributed by atoms with Gasteiger partial charge in [-0.3, -0.25) is 4.79 Å². The second-order valence-corrected chi connectivity index (χ2v) is 5.81. The number of carbonyl (C=O) groups is 1. The predicted octanol–water partition coefficient (Wildman–Crippen LogP) is 2.55. The maximum Gasteiger partial charge on any atom is 0.204 e. The lowest BCUT2D eigenvalue weighted by molar-refractivity contribution is -0.106. The van der Waals surface area contributed by atoms with Crippen molar-refractivity contribution in [1.29, 1.82) is 0 Å². The van der Waals surface area contributed by atoms with E-state index in [1.54, 1.807) is 12.1 Å². The molecule has 24 heavy (non-hydrogen) atoms. The second-order valence-electron chi connectivity index (χ2n) is 5.81. The van der Waals surface area contributed by atoms with Gasteiger partial charge in [0.2, 0.25) is 6.41 Å². The highest BCUT2D eigenvalue weighted by Crippen LogP contribution is 2.41. The zero-order valence-corrected chi connectivity index (χ0v) is 13.8. The molecule has 1 aliphatic heterocycles. The van der Waals surface area contributed by atoms with Crippen molar-refractivity contribution in [1.82, 2.24) is 4.98 Å². The van der Waals surface area contributed by atoms with Gasteiger partial charge in [0.1, 0.15) is 17.3 Å². The van der Waals surface area contributed by atoms with Crippen LogP contribution in [0.3, 0.4) is 0 Å². The van der Waals surface area contributed by atoms with Crippen molar-refractivity contribution in [3.8, 4) is 17.0 Å². The summed E-state index contributed by atoms with van der Waals surface area (Å²) in [5.41, 5.74) is 13.7. The molecule has 1 aromatic heterocycles. The van der Waals surface area contributed by atoms with Crippen LogP contribution in [0, 0.1) is 5.82 Å². The van der Waals surface area contributed by atoms with Gasteiger partial charge in [-0.2, -0.15) is 0 Å². The zero-order valence-electron chi connectivity index (χ0n) is 13.8. The Morgan fingerprint density at radius 3 is 2.62 bits per heavy atom. The largest absolute Gasteiger partial charge is 0.490 e. The van der Waals surface area contributed by atoms with E-state index in [4.69, 9.17) is 20.2 Å². The molecule has 2 atom stereocenters. The molecule has 5 nitrogen and oxygen atoms in total. The van der Waals surface area contributed by atoms with Crippen molar-refractivity contribution in [2.24, 2.45) is 11.5 Å². The first kappa shape index (κ1) is 17.9. The molecule has 4 N–H and O–H groups in total. The number of rotatable bonds is 3. The summed E-state index contributed by atoms with van der Waals surface area (Å²) in [5.74, 6) is 1.09. The Labute approximate surface area is 140 Å². The highest BCUT2D eigenvalue weighted by Gasteiger charge is 2.26. The van der Waals surface area contributed by atoms with Gasteiger partial charge in [0, 0.05) is 35.2 Å². The number of pyridine rings is 1. The minimum atomic E-state index is -0.254. The molecule has 128 valence electrons. The number of hydrogen-bond donors (Lipinski definition) is 2. The first-order valence-electron chi connectivity index (χ1n) is 7.80. The maximum atomic E-state index is 13.1. The molecule has 2 unspecified atom stereocenters. The molecule has 0 saturated carbocycles. The normalized spacial score (nSPS) is 16.4. The van der Waals surface area contributed by atoms with Crippen molar-refractivity contribution < 1.29 is 13.9 Å². The lowest BCUT2D eigenvalue weighted by atomic mass is 9.96. The van der Waals surface area contributed by atoms with Gasteiger partial charge in [0.25, 0.3) is 0 Å². The number of halogens is 1. The SMILES string of the molecule is CC(CN)c1cc2c(c(-c3ccc(F)cc3)n1)OCC2C.NC=O. The van der Waals surface area contributed by atoms with E-state index in [0.717, 1.165) is 22.7 Å². The van der Waals surface area contributed by atoms with Gasteiger partial charge in [0.15, 0.2) is 0 Å². The minimum Gasteiger partial charge on any atom is -0.490 e. The van der Waals surface area contributed by atoms with Crippen LogP contribution < -0.4 is 16.2 Å². The predicted molar refractivity (Wildman–Crippen MR) is 91.3 cm³/mol. The Bertz CT molecular complexity index is 704. The topological polar surface area (TPSA) is 91.2 Å². The van der Waals surface area contributed by atoms with Crippen LogP contribution in [-0.4, -0.2) is 24.5 Å². The van der Waals surface area contributed by atoms with E-state index in [0.29, 0.717) is 19.1 Å². The van der Waals surface area contributed by atoms with Gasteiger partial charge in [-0.25, -0.2) is 9.37 Å². The number of ether oxygens (including phenoxy) is 1. The smallest absolute Gasteiger partial charge is 0.204 e. The molecule has 2 aromatic rings. The van der Waals surface area contributed by atoms with E-state index < -0.39 is 0 Å². The van der Waals surface area contributed by atoms with E-state index in [9.17, 15) is 4.39 Å². The monoisotopic (exact) mass is 331 g/mol. The number of fused-ring (bicyclic) bond motifs is 1. The number of carbonyl (C=O) groups excluding carboxylic acids is 1. The van der Waals surface area contributed by atoms with Crippen molar-refractivity contribution in [2.75, 3.05) is 13.2 Å². The quantitative estimate of drug-likeness (QED) is 0.846. The lowest BCUT2D eigenvalue weighted by Gasteiger charge is -2.14. The van der Waals surface area contributed by atoms with Crippen LogP contribution in [0.25, 0.3) is 11.3 Å². The average molecular weight is 331 g/mol. The molecular weight excluding hydrogens is 309 g/mol. The molecule has 0 bridgehead atoms. The Hall–Kier alpha value is -2.47. The molecular formula is C18H22FN3O2. The Morgan fingerprint density at radius 2 is 2.04 bits per heavy atom. The number of hydrogen-bond acceptors (Lipinski definition) is 4. The van der Waals surface area contributed by atoms with E-state index in [2.05, 4.69) is 25.6 Å². The summed E-state index contributed by atoms with van der Waals surface area (Å²) in [7, 11) is 0. The molecule has 0 spiro atoms. The number of primary amides is 1. The number of nitrogens with two attached hydrogens (primary N) is 2. The van der Waals surface area contributed by atoms with Gasteiger partial charge >= 0.3 is 0 Å². The first-order chi connectivity index (χ1) is 11.5. The summed E-state index contributed by atoms with van der Waals surface area (Å²) in [5, 5.41) is 0. The molecule has 6 heteroatoms. The second kappa shape index (κ2) is 7.88. The van der Waals surface area contributed by atoms with Gasteiger partial charge in [0.05, 0.1) is 6.61 Å². The summed E-state index contributed by atoms with van der Waals surface area (Å²) in [4.78, 5) is 13.3. The van der Waals surface area contributed by atoms with Crippen molar-refractivity contribution >= 4 is 6.41 Å². The van der Waals surface area contributed by atoms with Crippen LogP contribution in [0.2, 0.25) is 0 Å². The molecule has 0 radical (unpaired) electrons. The number of aromatic nitrogens is 1. The van der Waals surface area contributed by atoms with Gasteiger partial charge in [-0.15, -0.1) is 0 Å². The standard InChI is InChI=1S/C17H19FN2O.CH3NO/c1-10(8-19)15-7-14-11(2)9-21-17(14)16(20-15)12-3-5-13(18)6-4-12;2-1-3/h3-7,10-11H,8-9,19H2,1-2H3;1H,(H2,2,3). The van der Waals surface area contributed by atoms with Crippen molar-refractivity contribution in [3.63, 3.8) is 0 Å². The van der Waals surface area contributed by atoms with E-state index in [-0.39, 0.29) is 18.1 Å². The molecule has 2 heterocycles. The van der Waals surface area contributed by atoms with E-state index >= 15 is 0 Å². The fourth-order valence-electron chi connectivity index (χ4n) is 2.57. The van der Waals surface area contributed by atoms with Crippen LogP contribution >= 0.6 is 0 Å². The van der Waals surface area contributed by atoms with Crippen LogP contribution in [0.4, 0.5) is 4.39 Å². The molecule has 1 aliphatic rings. The summed E-state index contributed by atoms with van der Waals surface area (Å²) in [6.07, 6.45) is 0.250. The third-order valence-corrected chi connectivity index (χ3v) is 4.01. The molecule has 0 fully saturated rings. The van der Waals surface area contributed by atoms with Crippen LogP contribution in [0.5, 0.6) is 5.75 Å². The van der Waals surface area contributed by atoms with E-state index in [1.807, 2.05) is 0 Å². The third-order valence-electron chi connectivity index (χ3n) is 4.01. The summed E-state index contributed by atoms with van der Waals surface area (Å²) in [6, 6.07) is 8.46. The Balaban J connectivity index is 0.000000647. The molecule has 1 aromatic carbocycles. The highest BCUT2D eigenvalue weighted by atomic mass is 19.1. The first-order valence-corrected chi connectivity index (χ1v) is 7.80. The number of nitrogens with zero attached hydrogens (tertiary/aromatic N) is 1. The minimum absolute atomic E-state index is 0.183. The van der Waals surface area contributed by atoms with Gasteiger partial charge < -0.3 is 16.2 Å². The highest BCUT2D eigenvalue weighted by molar-refractivity contribution is 5.70. The average Bonchev–Trinajstić information content (AvgIpc) is 2.96. The Morgan fingerprint density at radius 1 is 1.42 bits per heavy atom. The molecule has 0 saturated heterocycles. The number of benzene rings is 1. The molecule has 3 rings (SSSR count). The summed E-state index contributed by atoms with van der Waals surface area (Å²) < 4.78 is 18.9. The van der Waals surface area contributed by atoms with E-state index in [1.165, 1.54) is 17.7 Å². The molecule has 0 aliphatic carbocycles. The van der Waals surface area contributed by atoms with Crippen LogP contribution in [-0.2, 0) is 4.79 Å². The van der Waals surface area contributed by atoms with Gasteiger partial charge in [-0.1, -0.05) is 13.8 Å². The maximum absolute atomic E-state index is 13.1. The van der Waals surface area contributed by atoms with Crippen molar-refractivity contribution in [2.45, 2.75) is 25.7 Å².